The zero-order chi connectivity index (χ0) is 16.4. The minimum absolute atomic E-state index is 0.0374. The molecule has 0 aromatic carbocycles. The third-order valence-corrected chi connectivity index (χ3v) is 7.97. The van der Waals surface area contributed by atoms with E-state index in [9.17, 15) is 14.8 Å². The van der Waals surface area contributed by atoms with Gasteiger partial charge in [0, 0.05) is 6.42 Å². The van der Waals surface area contributed by atoms with Gasteiger partial charge in [-0.25, -0.2) is 0 Å². The van der Waals surface area contributed by atoms with Crippen molar-refractivity contribution < 1.29 is 9.90 Å². The Bertz CT molecular complexity index is 585. The molecule has 0 amide bonds. The zero-order valence-electron chi connectivity index (χ0n) is 14.1. The van der Waals surface area contributed by atoms with Crippen LogP contribution in [0.5, 0.6) is 0 Å². The fraction of sp³-hybridized carbons (Fsp3) is 0.842. The van der Waals surface area contributed by atoms with E-state index < -0.39 is 0 Å². The quantitative estimate of drug-likeness (QED) is 0.751. The molecule has 7 unspecified atom stereocenters. The number of aliphatic hydroxyl groups excluding tert-OH is 1. The van der Waals surface area contributed by atoms with Crippen molar-refractivity contribution in [2.45, 2.75) is 70.9 Å². The number of fused-ring (bicyclic) bond motifs is 5. The third-order valence-electron chi connectivity index (χ3n) is 7.97. The van der Waals surface area contributed by atoms with Crippen molar-refractivity contribution in [1.29, 1.82) is 0 Å². The second kappa shape index (κ2) is 4.98. The van der Waals surface area contributed by atoms with Crippen LogP contribution in [0.4, 0.5) is 0 Å². The molecule has 4 heteroatoms. The van der Waals surface area contributed by atoms with E-state index in [1.54, 1.807) is 0 Å². The van der Waals surface area contributed by atoms with Crippen molar-refractivity contribution in [3.63, 3.8) is 0 Å². The largest absolute Gasteiger partial charge is 0.393 e. The van der Waals surface area contributed by atoms with E-state index >= 15 is 0 Å². The summed E-state index contributed by atoms with van der Waals surface area (Å²) in [5.41, 5.74) is 1.09. The SMILES string of the molecule is CC12CCC(=O)C=C1CCC1C2C(O)CC2(C)C(N=O)CCC12. The van der Waals surface area contributed by atoms with Crippen molar-refractivity contribution in [1.82, 2.24) is 0 Å². The summed E-state index contributed by atoms with van der Waals surface area (Å²) in [6.45, 7) is 4.44. The lowest BCUT2D eigenvalue weighted by molar-refractivity contribution is -0.129. The van der Waals surface area contributed by atoms with E-state index in [0.29, 0.717) is 24.7 Å². The summed E-state index contributed by atoms with van der Waals surface area (Å²) in [4.78, 5) is 23.1. The summed E-state index contributed by atoms with van der Waals surface area (Å²) in [5.74, 6) is 1.44. The number of allylic oxidation sites excluding steroid dienone is 1. The Hall–Kier alpha value is -1.03. The van der Waals surface area contributed by atoms with Crippen LogP contribution in [-0.4, -0.2) is 23.0 Å². The van der Waals surface area contributed by atoms with E-state index in [4.69, 9.17) is 0 Å². The molecule has 0 aromatic rings. The molecule has 126 valence electrons. The summed E-state index contributed by atoms with van der Waals surface area (Å²) in [7, 11) is 0. The maximum Gasteiger partial charge on any atom is 0.155 e. The Labute approximate surface area is 137 Å². The second-order valence-corrected chi connectivity index (χ2v) is 8.86. The predicted octanol–water partition coefficient (Wildman–Crippen LogP) is 3.62. The lowest BCUT2D eigenvalue weighted by atomic mass is 9.46. The molecule has 0 aliphatic heterocycles. The summed E-state index contributed by atoms with van der Waals surface area (Å²) in [5, 5.41) is 14.5. The van der Waals surface area contributed by atoms with Gasteiger partial charge < -0.3 is 5.11 Å². The highest BCUT2D eigenvalue weighted by Gasteiger charge is 2.62. The number of carbonyl (C=O) groups excluding carboxylic acids is 1. The molecule has 3 fully saturated rings. The van der Waals surface area contributed by atoms with Gasteiger partial charge in [0.25, 0.3) is 0 Å². The van der Waals surface area contributed by atoms with E-state index in [-0.39, 0.29) is 34.7 Å². The van der Waals surface area contributed by atoms with Crippen molar-refractivity contribution in [2.24, 2.45) is 33.8 Å². The minimum Gasteiger partial charge on any atom is -0.393 e. The number of aliphatic hydroxyl groups is 1. The van der Waals surface area contributed by atoms with Gasteiger partial charge in [0.05, 0.1) is 12.1 Å². The molecule has 4 nitrogen and oxygen atoms in total. The van der Waals surface area contributed by atoms with Crippen LogP contribution in [0.3, 0.4) is 0 Å². The molecule has 0 bridgehead atoms. The molecule has 0 heterocycles. The molecular formula is C19H27NO3. The number of hydrogen-bond donors (Lipinski definition) is 1. The molecule has 0 saturated heterocycles. The molecule has 1 N–H and O–H groups in total. The molecule has 23 heavy (non-hydrogen) atoms. The molecule has 4 aliphatic carbocycles. The Balaban J connectivity index is 1.73. The molecular weight excluding hydrogens is 290 g/mol. The summed E-state index contributed by atoms with van der Waals surface area (Å²) >= 11 is 0. The van der Waals surface area contributed by atoms with Gasteiger partial charge in [-0.2, -0.15) is 4.91 Å². The normalized spacial score (nSPS) is 52.2. The highest BCUT2D eigenvalue weighted by molar-refractivity contribution is 5.91. The molecule has 0 radical (unpaired) electrons. The van der Waals surface area contributed by atoms with Crippen LogP contribution in [0.15, 0.2) is 16.8 Å². The fourth-order valence-electron chi connectivity index (χ4n) is 6.83. The van der Waals surface area contributed by atoms with Crippen molar-refractivity contribution in [3.05, 3.63) is 16.6 Å². The van der Waals surface area contributed by atoms with Crippen molar-refractivity contribution >= 4 is 5.78 Å². The van der Waals surface area contributed by atoms with Gasteiger partial charge in [-0.05, 0) is 73.2 Å². The summed E-state index contributed by atoms with van der Waals surface area (Å²) in [6, 6.07) is -0.138. The van der Waals surface area contributed by atoms with Crippen LogP contribution < -0.4 is 0 Å². The average Bonchev–Trinajstić information content (AvgIpc) is 2.83. The van der Waals surface area contributed by atoms with Crippen LogP contribution in [0.2, 0.25) is 0 Å². The number of rotatable bonds is 1. The van der Waals surface area contributed by atoms with E-state index in [2.05, 4.69) is 19.0 Å². The average molecular weight is 317 g/mol. The molecule has 3 saturated carbocycles. The monoisotopic (exact) mass is 317 g/mol. The Kier molecular flexibility index (Phi) is 3.36. The number of ketones is 1. The Morgan fingerprint density at radius 1 is 1.22 bits per heavy atom. The Morgan fingerprint density at radius 3 is 2.74 bits per heavy atom. The van der Waals surface area contributed by atoms with Crippen LogP contribution in [0.25, 0.3) is 0 Å². The van der Waals surface area contributed by atoms with Crippen molar-refractivity contribution in [3.8, 4) is 0 Å². The molecule has 0 spiro atoms. The summed E-state index contributed by atoms with van der Waals surface area (Å²) in [6.07, 6.45) is 7.60. The van der Waals surface area contributed by atoms with Crippen LogP contribution >= 0.6 is 0 Å². The standard InChI is InChI=1S/C19H27NO3/c1-18-8-7-12(21)9-11(18)3-4-13-14-5-6-16(20-23)19(14,2)10-15(22)17(13)18/h9,13-17,22H,3-8,10H2,1-2H3. The first-order chi connectivity index (χ1) is 10.9. The first-order valence-corrected chi connectivity index (χ1v) is 9.14. The topological polar surface area (TPSA) is 66.7 Å². The molecule has 0 aromatic heterocycles. The minimum atomic E-state index is -0.384. The maximum atomic E-state index is 11.8. The van der Waals surface area contributed by atoms with E-state index in [1.807, 2.05) is 6.08 Å². The van der Waals surface area contributed by atoms with Crippen LogP contribution in [0.1, 0.15) is 58.8 Å². The van der Waals surface area contributed by atoms with Gasteiger partial charge in [-0.3, -0.25) is 4.79 Å². The Morgan fingerprint density at radius 2 is 2.00 bits per heavy atom. The highest BCUT2D eigenvalue weighted by atomic mass is 16.3. The molecule has 4 rings (SSSR count). The van der Waals surface area contributed by atoms with Crippen LogP contribution in [-0.2, 0) is 4.79 Å². The lowest BCUT2D eigenvalue weighted by Crippen LogP contribution is -2.57. The number of carbonyl (C=O) groups is 1. The highest BCUT2D eigenvalue weighted by Crippen LogP contribution is 2.65. The van der Waals surface area contributed by atoms with Crippen molar-refractivity contribution in [2.75, 3.05) is 0 Å². The van der Waals surface area contributed by atoms with Gasteiger partial charge in [0.2, 0.25) is 0 Å². The van der Waals surface area contributed by atoms with Gasteiger partial charge in [-0.1, -0.05) is 24.6 Å². The third kappa shape index (κ3) is 1.97. The summed E-state index contributed by atoms with van der Waals surface area (Å²) < 4.78 is 0. The second-order valence-electron chi connectivity index (χ2n) is 8.86. The first-order valence-electron chi connectivity index (χ1n) is 9.14. The maximum absolute atomic E-state index is 11.8. The smallest absolute Gasteiger partial charge is 0.155 e. The van der Waals surface area contributed by atoms with Crippen LogP contribution in [0, 0.1) is 33.5 Å². The number of nitroso groups, excluding NO2 is 1. The van der Waals surface area contributed by atoms with E-state index in [1.165, 1.54) is 5.57 Å². The number of hydrogen-bond acceptors (Lipinski definition) is 4. The predicted molar refractivity (Wildman–Crippen MR) is 87.7 cm³/mol. The fourth-order valence-corrected chi connectivity index (χ4v) is 6.83. The van der Waals surface area contributed by atoms with Gasteiger partial charge in [0.1, 0.15) is 0 Å². The zero-order valence-corrected chi connectivity index (χ0v) is 14.1. The lowest BCUT2D eigenvalue weighted by Gasteiger charge is -2.59. The molecule has 7 atom stereocenters. The van der Waals surface area contributed by atoms with E-state index in [0.717, 1.165) is 32.1 Å². The van der Waals surface area contributed by atoms with Gasteiger partial charge >= 0.3 is 0 Å². The molecule has 4 aliphatic rings. The first kappa shape index (κ1) is 15.5. The van der Waals surface area contributed by atoms with Gasteiger partial charge in [-0.15, -0.1) is 0 Å². The van der Waals surface area contributed by atoms with Gasteiger partial charge in [0.15, 0.2) is 5.78 Å². The number of nitrogens with zero attached hydrogens (tertiary/aromatic N) is 1.